The molecule has 0 radical (unpaired) electrons. The van der Waals surface area contributed by atoms with E-state index in [2.05, 4.69) is 51.5 Å². The lowest BCUT2D eigenvalue weighted by Crippen LogP contribution is -2.08. The maximum absolute atomic E-state index is 10.9. The number of nitrogens with two attached hydrogens (primary N) is 2. The van der Waals surface area contributed by atoms with Gasteiger partial charge in [-0.25, -0.2) is 45.2 Å². The van der Waals surface area contributed by atoms with Gasteiger partial charge < -0.3 is 21.3 Å². The summed E-state index contributed by atoms with van der Waals surface area (Å²) in [4.78, 5) is 43.2. The number of pyridine rings is 4. The number of nitrogens with one attached hydrogen (secondary N) is 1. The Morgan fingerprint density at radius 2 is 1.07 bits per heavy atom. The van der Waals surface area contributed by atoms with Crippen LogP contribution >= 0.6 is 27.7 Å². The van der Waals surface area contributed by atoms with E-state index in [-0.39, 0.29) is 32.3 Å². The van der Waals surface area contributed by atoms with Crippen LogP contribution in [0.25, 0.3) is 0 Å². The van der Waals surface area contributed by atoms with Gasteiger partial charge in [-0.2, -0.15) is 0 Å². The normalized spacial score (nSPS) is 10.6. The van der Waals surface area contributed by atoms with Crippen molar-refractivity contribution in [3.8, 4) is 0 Å². The molecular weight excluding hydrogens is 905 g/mol. The molecule has 5 aromatic heterocycles. The summed E-state index contributed by atoms with van der Waals surface area (Å²) in [5.41, 5.74) is 8.49. The Bertz CT molecular complexity index is 2430. The summed E-state index contributed by atoms with van der Waals surface area (Å²) in [5.74, 6) is 4.82. The first kappa shape index (κ1) is 49.1. The van der Waals surface area contributed by atoms with Gasteiger partial charge in [0, 0.05) is 37.0 Å². The molecule has 0 saturated carbocycles. The Hall–Kier alpha value is -5.88. The number of aromatic nitrogens is 6. The van der Waals surface area contributed by atoms with Crippen LogP contribution in [0.5, 0.6) is 0 Å². The summed E-state index contributed by atoms with van der Waals surface area (Å²) >= 11 is 4.45. The van der Waals surface area contributed by atoms with Gasteiger partial charge in [0.1, 0.15) is 12.4 Å². The van der Waals surface area contributed by atoms with Gasteiger partial charge >= 0.3 is 5.82 Å². The molecule has 5 aromatic rings. The zero-order valence-electron chi connectivity index (χ0n) is 29.7. The van der Waals surface area contributed by atoms with Crippen LogP contribution in [0.2, 0.25) is 0 Å². The molecule has 5 heterocycles. The van der Waals surface area contributed by atoms with Gasteiger partial charge in [0.2, 0.25) is 0 Å². The lowest BCUT2D eigenvalue weighted by atomic mass is 10.4. The minimum atomic E-state index is -3.38. The van der Waals surface area contributed by atoms with Crippen LogP contribution in [0, 0.1) is 30.3 Å². The maximum atomic E-state index is 10.9. The lowest BCUT2D eigenvalue weighted by molar-refractivity contribution is -0.390. The van der Waals surface area contributed by atoms with Crippen molar-refractivity contribution >= 4 is 85.8 Å². The molecule has 0 saturated heterocycles. The molecule has 0 unspecified atom stereocenters. The Morgan fingerprint density at radius 3 is 1.37 bits per heavy atom. The number of halogens is 1. The first-order valence-corrected chi connectivity index (χ1v) is 22.2. The molecule has 0 spiro atoms. The van der Waals surface area contributed by atoms with Crippen LogP contribution in [0.3, 0.4) is 0 Å². The Morgan fingerprint density at radius 1 is 0.614 bits per heavy atom. The van der Waals surface area contributed by atoms with E-state index in [0.717, 1.165) is 42.1 Å². The van der Waals surface area contributed by atoms with E-state index in [4.69, 9.17) is 11.6 Å². The molecule has 0 aliphatic carbocycles. The highest BCUT2D eigenvalue weighted by molar-refractivity contribution is 9.10. The summed E-state index contributed by atoms with van der Waals surface area (Å²) in [6, 6.07) is 13.8. The van der Waals surface area contributed by atoms with Crippen molar-refractivity contribution in [1.82, 2.24) is 30.1 Å². The predicted octanol–water partition coefficient (Wildman–Crippen LogP) is 3.09. The topological polar surface area (TPSA) is 373 Å². The van der Waals surface area contributed by atoms with Crippen molar-refractivity contribution in [1.29, 1.82) is 0 Å². The van der Waals surface area contributed by atoms with E-state index >= 15 is 0 Å². The van der Waals surface area contributed by atoms with E-state index in [0.29, 0.717) is 16.0 Å². The standard InChI is InChI=1S/C6H9N3O2S.C6H6N2O4S.C6H8N2O2S.C6H6N2O2S.C4H2BrN3O2/c1-12(10,11)6-3-2-5(9-7)4-8-6;1-13(11,12)6-3-2-5(4-7-6)8(9)10;1-11(9,10)6-3-2-5(7)4-8-6;1-11-6-3-2-5(4-7-6)8(9)10;5-3-1-2-4(7-6-3)8(9)10/h2-4,9H,7H2,1H3;2-4H,1H3;2-4H,7H2,1H3;2-4H,1H3;1-2H. The third kappa shape index (κ3) is 19.0. The molecule has 5 N–H and O–H groups in total. The number of nitro groups is 3. The first-order valence-electron chi connectivity index (χ1n) is 14.5. The second kappa shape index (κ2) is 22.6. The molecule has 5 rings (SSSR count). The highest BCUT2D eigenvalue weighted by Crippen LogP contribution is 2.15. The predicted molar refractivity (Wildman–Crippen MR) is 210 cm³/mol. The van der Waals surface area contributed by atoms with Crippen molar-refractivity contribution in [3.05, 3.63) is 120 Å². The summed E-state index contributed by atoms with van der Waals surface area (Å²) < 4.78 is 65.8. The molecule has 0 aliphatic rings. The van der Waals surface area contributed by atoms with Crippen molar-refractivity contribution in [2.24, 2.45) is 5.84 Å². The zero-order valence-corrected chi connectivity index (χ0v) is 34.5. The zero-order chi connectivity index (χ0) is 43.6. The van der Waals surface area contributed by atoms with Gasteiger partial charge in [0.25, 0.3) is 11.4 Å². The minimum absolute atomic E-state index is 0.0304. The summed E-state index contributed by atoms with van der Waals surface area (Å²) in [6.45, 7) is 0. The van der Waals surface area contributed by atoms with Gasteiger partial charge in [-0.15, -0.1) is 11.8 Å². The first-order chi connectivity index (χ1) is 26.4. The molecule has 0 aromatic carbocycles. The van der Waals surface area contributed by atoms with E-state index in [1.165, 1.54) is 66.8 Å². The third-order valence-corrected chi connectivity index (χ3v) is 9.77. The van der Waals surface area contributed by atoms with Gasteiger partial charge in [0.05, 0.1) is 43.7 Å². The van der Waals surface area contributed by atoms with Crippen LogP contribution in [-0.4, -0.2) is 95.2 Å². The number of hydrogen-bond donors (Lipinski definition) is 3. The highest BCUT2D eigenvalue weighted by Gasteiger charge is 2.12. The molecule has 0 aliphatic heterocycles. The number of sulfone groups is 3. The van der Waals surface area contributed by atoms with Crippen molar-refractivity contribution in [3.63, 3.8) is 0 Å². The molecular formula is C28H31BrN12O12S4. The van der Waals surface area contributed by atoms with E-state index in [1.54, 1.807) is 12.1 Å². The van der Waals surface area contributed by atoms with Gasteiger partial charge in [0.15, 0.2) is 49.2 Å². The average molecular weight is 936 g/mol. The number of anilines is 2. The number of nitrogen functional groups attached to an aromatic ring is 2. The van der Waals surface area contributed by atoms with E-state index < -0.39 is 44.3 Å². The molecule has 0 atom stereocenters. The van der Waals surface area contributed by atoms with Crippen molar-refractivity contribution in [2.45, 2.75) is 20.1 Å². The fraction of sp³-hybridized carbons (Fsp3) is 0.143. The molecule has 57 heavy (non-hydrogen) atoms. The highest BCUT2D eigenvalue weighted by atomic mass is 79.9. The Balaban J connectivity index is 0.000000357. The number of rotatable bonds is 8. The second-order valence-corrected chi connectivity index (χ2v) is 17.7. The molecule has 29 heteroatoms. The molecule has 0 amide bonds. The SMILES string of the molecule is CS(=O)(=O)c1ccc(N)cn1.CS(=O)(=O)c1ccc(NN)cn1.CS(=O)(=O)c1ccc([N+](=O)[O-])cn1.CSc1ccc([N+](=O)[O-])cn1.O=[N+]([O-])c1ccc(Br)nn1. The lowest BCUT2D eigenvalue weighted by Gasteiger charge is -1.99. The number of hydrogen-bond acceptors (Lipinski definition) is 22. The number of hydrazine groups is 1. The minimum Gasteiger partial charge on any atom is -0.397 e. The quantitative estimate of drug-likeness (QED) is 0.0870. The third-order valence-electron chi connectivity index (χ3n) is 5.68. The summed E-state index contributed by atoms with van der Waals surface area (Å²) in [7, 11) is -9.77. The van der Waals surface area contributed by atoms with Crippen LogP contribution < -0.4 is 17.0 Å². The van der Waals surface area contributed by atoms with Crippen LogP contribution in [0.4, 0.5) is 28.6 Å². The fourth-order valence-electron chi connectivity index (χ4n) is 3.00. The Labute approximate surface area is 336 Å². The van der Waals surface area contributed by atoms with E-state index in [9.17, 15) is 55.6 Å². The van der Waals surface area contributed by atoms with Crippen LogP contribution in [-0.2, 0) is 29.5 Å². The number of thioether (sulfide) groups is 1. The second-order valence-electron chi connectivity index (χ2n) is 10.2. The van der Waals surface area contributed by atoms with Crippen molar-refractivity contribution in [2.75, 3.05) is 36.2 Å². The molecule has 0 bridgehead atoms. The smallest absolute Gasteiger partial charge is 0.390 e. The largest absolute Gasteiger partial charge is 0.397 e. The maximum Gasteiger partial charge on any atom is 0.390 e. The molecule has 306 valence electrons. The number of nitrogens with zero attached hydrogens (tertiary/aromatic N) is 9. The van der Waals surface area contributed by atoms with Gasteiger partial charge in [-0.1, -0.05) is 0 Å². The summed E-state index contributed by atoms with van der Waals surface area (Å²) in [5, 5.41) is 37.8. The van der Waals surface area contributed by atoms with Gasteiger partial charge in [-0.3, -0.25) is 26.1 Å². The van der Waals surface area contributed by atoms with Crippen molar-refractivity contribution < 1.29 is 40.0 Å². The summed E-state index contributed by atoms with van der Waals surface area (Å²) in [6.07, 6.45) is 9.90. The Kier molecular flexibility index (Phi) is 19.5. The molecule has 24 nitrogen and oxygen atoms in total. The van der Waals surface area contributed by atoms with Gasteiger partial charge in [-0.05, 0) is 74.7 Å². The monoisotopic (exact) mass is 934 g/mol. The van der Waals surface area contributed by atoms with Crippen LogP contribution in [0.1, 0.15) is 0 Å². The van der Waals surface area contributed by atoms with Crippen LogP contribution in [0.15, 0.2) is 110 Å². The molecule has 0 fully saturated rings. The fourth-order valence-corrected chi connectivity index (χ4v) is 5.26. The van der Waals surface area contributed by atoms with E-state index in [1.807, 2.05) is 6.26 Å². The average Bonchev–Trinajstić information content (AvgIpc) is 3.15.